The van der Waals surface area contributed by atoms with Gasteiger partial charge in [0.1, 0.15) is 17.5 Å². The van der Waals surface area contributed by atoms with E-state index in [4.69, 9.17) is 9.47 Å². The molecule has 2 fully saturated rings. The molecule has 10 heteroatoms. The Bertz CT molecular complexity index is 1700. The van der Waals surface area contributed by atoms with Crippen LogP contribution in [0.4, 0.5) is 0 Å². The molecule has 2 saturated heterocycles. The normalized spacial score (nSPS) is 18.9. The summed E-state index contributed by atoms with van der Waals surface area (Å²) in [6.45, 7) is 4.60. The molecule has 1 atom stereocenters. The van der Waals surface area contributed by atoms with Crippen LogP contribution in [0, 0.1) is 12.8 Å². The summed E-state index contributed by atoms with van der Waals surface area (Å²) >= 11 is 0. The van der Waals surface area contributed by atoms with Gasteiger partial charge in [0.05, 0.1) is 19.8 Å². The maximum Gasteiger partial charge on any atom is 0.255 e. The number of nitrogens with zero attached hydrogens (tertiary/aromatic N) is 3. The van der Waals surface area contributed by atoms with Gasteiger partial charge in [-0.15, -0.1) is 0 Å². The molecule has 3 aliphatic rings. The highest BCUT2D eigenvalue weighted by Gasteiger charge is 2.39. The Hall–Kier alpha value is -4.70. The number of aromatic nitrogens is 1. The Kier molecular flexibility index (Phi) is 7.85. The number of carbonyl (C=O) groups excluding carboxylic acids is 3. The first kappa shape index (κ1) is 29.4. The van der Waals surface area contributed by atoms with E-state index in [0.29, 0.717) is 36.6 Å². The summed E-state index contributed by atoms with van der Waals surface area (Å²) in [4.78, 5) is 53.1. The third kappa shape index (κ3) is 5.53. The van der Waals surface area contributed by atoms with Gasteiger partial charge in [-0.3, -0.25) is 29.4 Å². The van der Waals surface area contributed by atoms with Gasteiger partial charge >= 0.3 is 0 Å². The van der Waals surface area contributed by atoms with Crippen molar-refractivity contribution in [3.63, 3.8) is 0 Å². The van der Waals surface area contributed by atoms with Crippen LogP contribution in [0.25, 0.3) is 17.2 Å². The lowest BCUT2D eigenvalue weighted by Crippen LogP contribution is -2.52. The van der Waals surface area contributed by atoms with Crippen molar-refractivity contribution >= 4 is 23.8 Å². The molecule has 3 amide bonds. The quantitative estimate of drug-likeness (QED) is 0.398. The summed E-state index contributed by atoms with van der Waals surface area (Å²) < 4.78 is 13.1. The van der Waals surface area contributed by atoms with Gasteiger partial charge in [0.25, 0.3) is 11.5 Å². The Morgan fingerprint density at radius 3 is 2.36 bits per heavy atom. The number of carbonyl (C=O) groups is 3. The maximum atomic E-state index is 13.1. The number of amides is 3. The smallest absolute Gasteiger partial charge is 0.255 e. The summed E-state index contributed by atoms with van der Waals surface area (Å²) in [6.07, 6.45) is 6.64. The molecule has 0 radical (unpaired) electrons. The average molecular weight is 597 g/mol. The van der Waals surface area contributed by atoms with Crippen LogP contribution in [-0.4, -0.2) is 65.4 Å². The third-order valence-electron chi connectivity index (χ3n) is 8.78. The Balaban J connectivity index is 1.10. The molecule has 228 valence electrons. The fraction of sp³-hybridized carbons (Fsp3) is 0.353. The number of likely N-dealkylation sites (tertiary alicyclic amines) is 1. The van der Waals surface area contributed by atoms with E-state index >= 15 is 0 Å². The first-order chi connectivity index (χ1) is 21.1. The molecule has 0 spiro atoms. The van der Waals surface area contributed by atoms with E-state index in [0.717, 1.165) is 52.4 Å². The molecule has 6 rings (SSSR count). The van der Waals surface area contributed by atoms with Gasteiger partial charge in [0.2, 0.25) is 11.8 Å². The van der Waals surface area contributed by atoms with Crippen molar-refractivity contribution in [3.8, 4) is 22.6 Å². The predicted molar refractivity (Wildman–Crippen MR) is 165 cm³/mol. The zero-order valence-corrected chi connectivity index (χ0v) is 25.4. The van der Waals surface area contributed by atoms with Crippen molar-refractivity contribution in [1.82, 2.24) is 19.7 Å². The number of benzene rings is 2. The second kappa shape index (κ2) is 11.8. The van der Waals surface area contributed by atoms with E-state index in [1.165, 1.54) is 0 Å². The largest absolute Gasteiger partial charge is 0.496 e. The first-order valence-corrected chi connectivity index (χ1v) is 14.8. The summed E-state index contributed by atoms with van der Waals surface area (Å²) in [6, 6.07) is 11.1. The van der Waals surface area contributed by atoms with E-state index in [2.05, 4.69) is 22.4 Å². The number of hydrogen-bond donors (Lipinski definition) is 1. The van der Waals surface area contributed by atoms with Crippen LogP contribution in [0.5, 0.6) is 11.5 Å². The molecule has 3 aromatic rings. The minimum atomic E-state index is -0.612. The highest BCUT2D eigenvalue weighted by Crippen LogP contribution is 2.37. The highest BCUT2D eigenvalue weighted by molar-refractivity contribution is 6.05. The molecule has 1 N–H and O–H groups in total. The molecular formula is C34H36N4O6. The minimum Gasteiger partial charge on any atom is -0.496 e. The molecule has 2 aromatic carbocycles. The lowest BCUT2D eigenvalue weighted by molar-refractivity contribution is -0.136. The van der Waals surface area contributed by atoms with E-state index in [1.54, 1.807) is 30.7 Å². The van der Waals surface area contributed by atoms with E-state index < -0.39 is 11.9 Å². The predicted octanol–water partition coefficient (Wildman–Crippen LogP) is 3.28. The molecular weight excluding hydrogens is 560 g/mol. The molecule has 4 heterocycles. The SMILES string of the molecule is COc1cc(-c2cc(C)c(=O)n(C)c2)cc(OC)c1CN1CC(/C=C/c2ccc3c(c2)C(=O)N(C2CCC(=O)NC2=O)C3)C1. The molecule has 10 nitrogen and oxygen atoms in total. The number of hydrogen-bond acceptors (Lipinski definition) is 7. The number of methoxy groups -OCH3 is 2. The second-order valence-corrected chi connectivity index (χ2v) is 11.8. The van der Waals surface area contributed by atoms with Crippen molar-refractivity contribution in [1.29, 1.82) is 0 Å². The van der Waals surface area contributed by atoms with Crippen LogP contribution < -0.4 is 20.3 Å². The molecule has 3 aliphatic heterocycles. The third-order valence-corrected chi connectivity index (χ3v) is 8.78. The number of pyridine rings is 1. The Morgan fingerprint density at radius 2 is 1.70 bits per heavy atom. The zero-order valence-electron chi connectivity index (χ0n) is 25.4. The fourth-order valence-electron chi connectivity index (χ4n) is 6.35. The minimum absolute atomic E-state index is 0.0215. The number of fused-ring (bicyclic) bond motifs is 1. The van der Waals surface area contributed by atoms with Crippen molar-refractivity contribution in [3.05, 3.63) is 86.8 Å². The van der Waals surface area contributed by atoms with Crippen LogP contribution in [0.3, 0.4) is 0 Å². The van der Waals surface area contributed by atoms with Crippen molar-refractivity contribution in [2.75, 3.05) is 27.3 Å². The number of nitrogens with one attached hydrogen (secondary N) is 1. The standard InChI is InChI=1S/C34H36N4O6/c1-20-11-25(17-36(2)33(20)41)24-13-29(43-3)27(30(14-24)44-4)19-37-15-22(16-37)6-5-21-7-8-23-18-38(34(42)26(23)12-21)28-9-10-31(39)35-32(28)40/h5-8,11-14,17,22,28H,9-10,15-16,18-19H2,1-4H3,(H,35,39,40)/b6-5+. The molecule has 1 aromatic heterocycles. The lowest BCUT2D eigenvalue weighted by Gasteiger charge is -2.38. The summed E-state index contributed by atoms with van der Waals surface area (Å²) in [5.74, 6) is 0.978. The lowest BCUT2D eigenvalue weighted by atomic mass is 9.96. The van der Waals surface area contributed by atoms with E-state index in [9.17, 15) is 19.2 Å². The number of imide groups is 1. The highest BCUT2D eigenvalue weighted by atomic mass is 16.5. The average Bonchev–Trinajstić information content (AvgIpc) is 3.31. The molecule has 0 aliphatic carbocycles. The molecule has 0 saturated carbocycles. The van der Waals surface area contributed by atoms with Crippen molar-refractivity contribution in [2.45, 2.75) is 38.9 Å². The van der Waals surface area contributed by atoms with Crippen LogP contribution in [0.1, 0.15) is 45.5 Å². The van der Waals surface area contributed by atoms with Gasteiger partial charge in [-0.1, -0.05) is 24.3 Å². The summed E-state index contributed by atoms with van der Waals surface area (Å²) in [7, 11) is 5.06. The number of ether oxygens (including phenoxy) is 2. The number of aryl methyl sites for hydroxylation is 2. The van der Waals surface area contributed by atoms with E-state index in [-0.39, 0.29) is 23.8 Å². The Morgan fingerprint density at radius 1 is 0.977 bits per heavy atom. The van der Waals surface area contributed by atoms with Gasteiger partial charge in [0.15, 0.2) is 0 Å². The monoisotopic (exact) mass is 596 g/mol. The van der Waals surface area contributed by atoms with Crippen molar-refractivity contribution < 1.29 is 23.9 Å². The second-order valence-electron chi connectivity index (χ2n) is 11.8. The number of rotatable bonds is 8. The van der Waals surface area contributed by atoms with Crippen LogP contribution in [0.15, 0.2) is 53.5 Å². The fourth-order valence-corrected chi connectivity index (χ4v) is 6.35. The van der Waals surface area contributed by atoms with Gasteiger partial charge in [-0.05, 0) is 59.9 Å². The first-order valence-electron chi connectivity index (χ1n) is 14.8. The van der Waals surface area contributed by atoms with Crippen molar-refractivity contribution in [2.24, 2.45) is 13.0 Å². The summed E-state index contributed by atoms with van der Waals surface area (Å²) in [5, 5.41) is 2.35. The van der Waals surface area contributed by atoms with Gasteiger partial charge in [-0.25, -0.2) is 0 Å². The van der Waals surface area contributed by atoms with Crippen LogP contribution in [-0.2, 0) is 29.7 Å². The van der Waals surface area contributed by atoms with Gasteiger partial charge in [-0.2, -0.15) is 0 Å². The summed E-state index contributed by atoms with van der Waals surface area (Å²) in [5.41, 5.74) is 5.90. The van der Waals surface area contributed by atoms with Gasteiger partial charge in [0, 0.05) is 62.9 Å². The van der Waals surface area contributed by atoms with E-state index in [1.807, 2.05) is 49.5 Å². The maximum absolute atomic E-state index is 13.1. The van der Waals surface area contributed by atoms with Gasteiger partial charge < -0.3 is 18.9 Å². The Labute approximate surface area is 255 Å². The topological polar surface area (TPSA) is 110 Å². The molecule has 44 heavy (non-hydrogen) atoms. The van der Waals surface area contributed by atoms with Crippen LogP contribution in [0.2, 0.25) is 0 Å². The molecule has 1 unspecified atom stereocenters. The van der Waals surface area contributed by atoms with Crippen LogP contribution >= 0.6 is 0 Å². The zero-order chi connectivity index (χ0) is 31.1. The number of piperidine rings is 1. The molecule has 0 bridgehead atoms.